The summed E-state index contributed by atoms with van der Waals surface area (Å²) in [5.74, 6) is 1.50. The summed E-state index contributed by atoms with van der Waals surface area (Å²) in [6.45, 7) is 0. The number of hydrogen-bond acceptors (Lipinski definition) is 5. The Bertz CT molecular complexity index is 1060. The molecule has 0 saturated heterocycles. The lowest BCUT2D eigenvalue weighted by atomic mass is 10.2. The van der Waals surface area contributed by atoms with Crippen LogP contribution in [0.4, 0.5) is 5.82 Å². The van der Waals surface area contributed by atoms with E-state index < -0.39 is 0 Å². The average molecular weight is 358 g/mol. The van der Waals surface area contributed by atoms with Crippen LogP contribution >= 0.6 is 0 Å². The zero-order valence-electron chi connectivity index (χ0n) is 14.6. The monoisotopic (exact) mass is 358 g/mol. The van der Waals surface area contributed by atoms with Crippen molar-refractivity contribution in [3.63, 3.8) is 0 Å². The molecule has 1 N–H and O–H groups in total. The fourth-order valence-corrected chi connectivity index (χ4v) is 2.79. The first-order valence-corrected chi connectivity index (χ1v) is 8.81. The molecular weight excluding hydrogens is 340 g/mol. The third-order valence-corrected chi connectivity index (χ3v) is 4.15. The number of pyridine rings is 1. The molecule has 0 bridgehead atoms. The maximum atomic E-state index is 12.1. The maximum absolute atomic E-state index is 12.1. The van der Waals surface area contributed by atoms with Crippen molar-refractivity contribution in [2.24, 2.45) is 0 Å². The standard InChI is InChI=1S/C21H18N4O2/c26-19(23-18-14-13-15-7-4-5-10-17(15)22-18)11-6-12-20-24-25-21(27-20)16-8-2-1-3-9-16/h1-5,7-10,13-14H,6,11-12H2,(H,22,23,26). The van der Waals surface area contributed by atoms with Crippen LogP contribution in [0.2, 0.25) is 0 Å². The summed E-state index contributed by atoms with van der Waals surface area (Å²) in [5.41, 5.74) is 1.74. The van der Waals surface area contributed by atoms with Gasteiger partial charge in [0, 0.05) is 23.8 Å². The Balaban J connectivity index is 1.30. The number of amides is 1. The van der Waals surface area contributed by atoms with Crippen LogP contribution in [-0.2, 0) is 11.2 Å². The van der Waals surface area contributed by atoms with Crippen molar-refractivity contribution in [1.82, 2.24) is 15.2 Å². The van der Waals surface area contributed by atoms with Gasteiger partial charge in [0.2, 0.25) is 17.7 Å². The Morgan fingerprint density at radius 2 is 1.74 bits per heavy atom. The molecule has 4 aromatic rings. The fraction of sp³-hybridized carbons (Fsp3) is 0.143. The summed E-state index contributed by atoms with van der Waals surface area (Å²) in [5, 5.41) is 12.0. The van der Waals surface area contributed by atoms with E-state index in [0.29, 0.717) is 36.9 Å². The zero-order valence-corrected chi connectivity index (χ0v) is 14.6. The molecular formula is C21H18N4O2. The number of carbonyl (C=O) groups excluding carboxylic acids is 1. The molecule has 0 spiro atoms. The molecule has 0 aliphatic heterocycles. The third-order valence-electron chi connectivity index (χ3n) is 4.15. The lowest BCUT2D eigenvalue weighted by Crippen LogP contribution is -2.12. The van der Waals surface area contributed by atoms with Crippen LogP contribution in [0.25, 0.3) is 22.4 Å². The van der Waals surface area contributed by atoms with Crippen LogP contribution in [0.1, 0.15) is 18.7 Å². The van der Waals surface area contributed by atoms with Gasteiger partial charge in [-0.25, -0.2) is 4.98 Å². The molecule has 6 heteroatoms. The van der Waals surface area contributed by atoms with Gasteiger partial charge in [0.15, 0.2) is 0 Å². The summed E-state index contributed by atoms with van der Waals surface area (Å²) < 4.78 is 5.65. The normalized spacial score (nSPS) is 10.8. The predicted molar refractivity (Wildman–Crippen MR) is 103 cm³/mol. The van der Waals surface area contributed by atoms with Crippen molar-refractivity contribution in [3.8, 4) is 11.5 Å². The summed E-state index contributed by atoms with van der Waals surface area (Å²) in [7, 11) is 0. The van der Waals surface area contributed by atoms with E-state index in [4.69, 9.17) is 4.42 Å². The highest BCUT2D eigenvalue weighted by Gasteiger charge is 2.10. The highest BCUT2D eigenvalue weighted by Crippen LogP contribution is 2.18. The van der Waals surface area contributed by atoms with Gasteiger partial charge in [0.05, 0.1) is 5.52 Å². The van der Waals surface area contributed by atoms with Crippen LogP contribution in [0, 0.1) is 0 Å². The van der Waals surface area contributed by atoms with Crippen LogP contribution in [0.5, 0.6) is 0 Å². The van der Waals surface area contributed by atoms with Crippen LogP contribution in [0.3, 0.4) is 0 Å². The largest absolute Gasteiger partial charge is 0.421 e. The number of rotatable bonds is 6. The van der Waals surface area contributed by atoms with E-state index in [1.165, 1.54) is 0 Å². The highest BCUT2D eigenvalue weighted by molar-refractivity contribution is 5.91. The first kappa shape index (κ1) is 16.9. The molecule has 2 heterocycles. The Labute approximate surface area is 156 Å². The number of nitrogens with one attached hydrogen (secondary N) is 1. The van der Waals surface area contributed by atoms with Gasteiger partial charge < -0.3 is 9.73 Å². The summed E-state index contributed by atoms with van der Waals surface area (Å²) in [4.78, 5) is 16.6. The Morgan fingerprint density at radius 1 is 0.926 bits per heavy atom. The molecule has 0 unspecified atom stereocenters. The minimum absolute atomic E-state index is 0.0828. The lowest BCUT2D eigenvalue weighted by molar-refractivity contribution is -0.116. The van der Waals surface area contributed by atoms with E-state index in [9.17, 15) is 4.79 Å². The van der Waals surface area contributed by atoms with Crippen molar-refractivity contribution in [2.75, 3.05) is 5.32 Å². The van der Waals surface area contributed by atoms with Crippen molar-refractivity contribution >= 4 is 22.6 Å². The number of nitrogens with zero attached hydrogens (tertiary/aromatic N) is 3. The molecule has 0 aliphatic carbocycles. The summed E-state index contributed by atoms with van der Waals surface area (Å²) in [6.07, 6.45) is 1.53. The second kappa shape index (κ2) is 7.78. The second-order valence-electron chi connectivity index (χ2n) is 6.16. The van der Waals surface area contributed by atoms with Gasteiger partial charge in [-0.15, -0.1) is 10.2 Å². The van der Waals surface area contributed by atoms with Crippen LogP contribution in [-0.4, -0.2) is 21.1 Å². The second-order valence-corrected chi connectivity index (χ2v) is 6.16. The van der Waals surface area contributed by atoms with Gasteiger partial charge in [-0.3, -0.25) is 4.79 Å². The molecule has 134 valence electrons. The Kier molecular flexibility index (Phi) is 4.87. The molecule has 2 aromatic heterocycles. The number of aromatic nitrogens is 3. The predicted octanol–water partition coefficient (Wildman–Crippen LogP) is 4.25. The number of para-hydroxylation sites is 1. The number of hydrogen-bond donors (Lipinski definition) is 1. The molecule has 6 nitrogen and oxygen atoms in total. The van der Waals surface area contributed by atoms with Gasteiger partial charge in [-0.1, -0.05) is 36.4 Å². The topological polar surface area (TPSA) is 80.9 Å². The summed E-state index contributed by atoms with van der Waals surface area (Å²) in [6, 6.07) is 21.2. The van der Waals surface area contributed by atoms with E-state index in [2.05, 4.69) is 20.5 Å². The lowest BCUT2D eigenvalue weighted by Gasteiger charge is -2.05. The zero-order chi connectivity index (χ0) is 18.5. The SMILES string of the molecule is O=C(CCCc1nnc(-c2ccccc2)o1)Nc1ccc2ccccc2n1. The third kappa shape index (κ3) is 4.17. The van der Waals surface area contributed by atoms with Gasteiger partial charge in [0.25, 0.3) is 0 Å². The molecule has 27 heavy (non-hydrogen) atoms. The van der Waals surface area contributed by atoms with Crippen molar-refractivity contribution < 1.29 is 9.21 Å². The number of anilines is 1. The van der Waals surface area contributed by atoms with Crippen LogP contribution in [0.15, 0.2) is 71.1 Å². The van der Waals surface area contributed by atoms with E-state index in [1.807, 2.05) is 66.7 Å². The van der Waals surface area contributed by atoms with Gasteiger partial charge >= 0.3 is 0 Å². The average Bonchev–Trinajstić information content (AvgIpc) is 3.17. The minimum Gasteiger partial charge on any atom is -0.421 e. The minimum atomic E-state index is -0.0828. The van der Waals surface area contributed by atoms with Gasteiger partial charge in [0.1, 0.15) is 5.82 Å². The molecule has 0 radical (unpaired) electrons. The Hall–Kier alpha value is -3.54. The quantitative estimate of drug-likeness (QED) is 0.557. The number of carbonyl (C=O) groups is 1. The Morgan fingerprint density at radius 3 is 2.63 bits per heavy atom. The number of benzene rings is 2. The van der Waals surface area contributed by atoms with Crippen molar-refractivity contribution in [3.05, 3.63) is 72.6 Å². The molecule has 0 atom stereocenters. The summed E-state index contributed by atoms with van der Waals surface area (Å²) >= 11 is 0. The van der Waals surface area contributed by atoms with Crippen LogP contribution < -0.4 is 5.32 Å². The first-order valence-electron chi connectivity index (χ1n) is 8.81. The molecule has 2 aromatic carbocycles. The van der Waals surface area contributed by atoms with Crippen molar-refractivity contribution in [2.45, 2.75) is 19.3 Å². The van der Waals surface area contributed by atoms with Gasteiger partial charge in [-0.2, -0.15) is 0 Å². The first-order chi connectivity index (χ1) is 13.3. The van der Waals surface area contributed by atoms with Crippen molar-refractivity contribution in [1.29, 1.82) is 0 Å². The number of fused-ring (bicyclic) bond motifs is 1. The molecule has 1 amide bonds. The van der Waals surface area contributed by atoms with E-state index in [-0.39, 0.29) is 5.91 Å². The molecule has 0 fully saturated rings. The molecule has 0 aliphatic rings. The molecule has 0 saturated carbocycles. The van der Waals surface area contributed by atoms with Gasteiger partial charge in [-0.05, 0) is 36.8 Å². The smallest absolute Gasteiger partial charge is 0.247 e. The number of aryl methyl sites for hydroxylation is 1. The fourth-order valence-electron chi connectivity index (χ4n) is 2.79. The highest BCUT2D eigenvalue weighted by atomic mass is 16.4. The maximum Gasteiger partial charge on any atom is 0.247 e. The van der Waals surface area contributed by atoms with E-state index in [0.717, 1.165) is 16.5 Å². The van der Waals surface area contributed by atoms with E-state index >= 15 is 0 Å². The van der Waals surface area contributed by atoms with E-state index in [1.54, 1.807) is 0 Å². The molecule has 4 rings (SSSR count).